The van der Waals surface area contributed by atoms with Crippen LogP contribution in [0.2, 0.25) is 0 Å². The van der Waals surface area contributed by atoms with Crippen LogP contribution in [0.15, 0.2) is 12.1 Å². The molecule has 0 saturated carbocycles. The second kappa shape index (κ2) is 4.25. The fourth-order valence-electron chi connectivity index (χ4n) is 1.53. The SMILES string of the molecule is Cc1cc(O)cc(C)c1CCON. The number of phenols is 1. The Hall–Kier alpha value is -1.06. The van der Waals surface area contributed by atoms with Crippen molar-refractivity contribution in [1.82, 2.24) is 0 Å². The zero-order valence-corrected chi connectivity index (χ0v) is 8.00. The average Bonchev–Trinajstić information content (AvgIpc) is 2.02. The molecule has 0 heterocycles. The van der Waals surface area contributed by atoms with Crippen LogP contribution >= 0.6 is 0 Å². The fraction of sp³-hybridized carbons (Fsp3) is 0.400. The number of benzene rings is 1. The summed E-state index contributed by atoms with van der Waals surface area (Å²) in [5.74, 6) is 5.27. The molecule has 0 aliphatic carbocycles. The van der Waals surface area contributed by atoms with Gasteiger partial charge in [-0.3, -0.25) is 0 Å². The van der Waals surface area contributed by atoms with Crippen molar-refractivity contribution in [2.24, 2.45) is 5.90 Å². The summed E-state index contributed by atoms with van der Waals surface area (Å²) in [7, 11) is 0. The van der Waals surface area contributed by atoms with Crippen molar-refractivity contribution in [2.45, 2.75) is 20.3 Å². The first-order valence-electron chi connectivity index (χ1n) is 4.26. The van der Waals surface area contributed by atoms with Crippen LogP contribution in [0.5, 0.6) is 5.75 Å². The van der Waals surface area contributed by atoms with Crippen LogP contribution in [-0.4, -0.2) is 11.7 Å². The summed E-state index contributed by atoms with van der Waals surface area (Å²) in [5, 5.41) is 9.29. The largest absolute Gasteiger partial charge is 0.508 e. The normalized spacial score (nSPS) is 10.4. The van der Waals surface area contributed by atoms with Gasteiger partial charge in [-0.2, -0.15) is 0 Å². The molecule has 0 bridgehead atoms. The van der Waals surface area contributed by atoms with Gasteiger partial charge < -0.3 is 9.94 Å². The minimum Gasteiger partial charge on any atom is -0.508 e. The van der Waals surface area contributed by atoms with Gasteiger partial charge in [0.15, 0.2) is 0 Å². The third-order valence-corrected chi connectivity index (χ3v) is 2.15. The first-order chi connectivity index (χ1) is 6.15. The van der Waals surface area contributed by atoms with E-state index < -0.39 is 0 Å². The highest BCUT2D eigenvalue weighted by Crippen LogP contribution is 2.20. The third-order valence-electron chi connectivity index (χ3n) is 2.15. The van der Waals surface area contributed by atoms with E-state index in [2.05, 4.69) is 4.84 Å². The Morgan fingerprint density at radius 3 is 2.31 bits per heavy atom. The highest BCUT2D eigenvalue weighted by Gasteiger charge is 2.03. The lowest BCUT2D eigenvalue weighted by Gasteiger charge is -2.09. The highest BCUT2D eigenvalue weighted by atomic mass is 16.6. The number of hydrogen-bond acceptors (Lipinski definition) is 3. The van der Waals surface area contributed by atoms with Crippen molar-refractivity contribution in [3.05, 3.63) is 28.8 Å². The molecule has 0 saturated heterocycles. The van der Waals surface area contributed by atoms with Gasteiger partial charge in [0.25, 0.3) is 0 Å². The highest BCUT2D eigenvalue weighted by molar-refractivity contribution is 5.40. The number of nitrogens with two attached hydrogens (primary N) is 1. The molecule has 0 atom stereocenters. The second-order valence-corrected chi connectivity index (χ2v) is 3.18. The Labute approximate surface area is 78.1 Å². The molecule has 0 aromatic heterocycles. The first-order valence-corrected chi connectivity index (χ1v) is 4.26. The Morgan fingerprint density at radius 2 is 1.85 bits per heavy atom. The smallest absolute Gasteiger partial charge is 0.116 e. The van der Waals surface area contributed by atoms with E-state index in [9.17, 15) is 5.11 Å². The van der Waals surface area contributed by atoms with Crippen LogP contribution in [0, 0.1) is 13.8 Å². The van der Waals surface area contributed by atoms with Gasteiger partial charge in [0.05, 0.1) is 6.61 Å². The van der Waals surface area contributed by atoms with Gasteiger partial charge in [0, 0.05) is 0 Å². The van der Waals surface area contributed by atoms with Crippen molar-refractivity contribution in [2.75, 3.05) is 6.61 Å². The molecule has 13 heavy (non-hydrogen) atoms. The van der Waals surface area contributed by atoms with Crippen molar-refractivity contribution in [3.63, 3.8) is 0 Å². The van der Waals surface area contributed by atoms with Crippen LogP contribution in [0.25, 0.3) is 0 Å². The maximum atomic E-state index is 9.29. The Kier molecular flexibility index (Phi) is 3.28. The van der Waals surface area contributed by atoms with Gasteiger partial charge in [-0.15, -0.1) is 0 Å². The molecule has 0 amide bonds. The zero-order chi connectivity index (χ0) is 9.84. The first kappa shape index (κ1) is 10.0. The van der Waals surface area contributed by atoms with E-state index in [-0.39, 0.29) is 0 Å². The number of phenolic OH excluding ortho intramolecular Hbond substituents is 1. The molecule has 0 unspecified atom stereocenters. The van der Waals surface area contributed by atoms with Crippen LogP contribution in [-0.2, 0) is 11.3 Å². The average molecular weight is 181 g/mol. The quantitative estimate of drug-likeness (QED) is 0.694. The number of aromatic hydroxyl groups is 1. The number of rotatable bonds is 3. The summed E-state index contributed by atoms with van der Waals surface area (Å²) in [4.78, 5) is 4.52. The molecule has 72 valence electrons. The van der Waals surface area contributed by atoms with Gasteiger partial charge in [-0.1, -0.05) is 0 Å². The third kappa shape index (κ3) is 2.44. The predicted octanol–water partition coefficient (Wildman–Crippen LogP) is 1.44. The van der Waals surface area contributed by atoms with Gasteiger partial charge in [0.1, 0.15) is 5.75 Å². The van der Waals surface area contributed by atoms with Crippen LogP contribution < -0.4 is 5.90 Å². The lowest BCUT2D eigenvalue weighted by Crippen LogP contribution is -2.05. The Bertz CT molecular complexity index is 274. The molecule has 1 rings (SSSR count). The molecule has 0 fully saturated rings. The molecule has 3 nitrogen and oxygen atoms in total. The van der Waals surface area contributed by atoms with E-state index in [1.165, 1.54) is 5.56 Å². The van der Waals surface area contributed by atoms with Crippen LogP contribution in [0.4, 0.5) is 0 Å². The topological polar surface area (TPSA) is 55.5 Å². The predicted molar refractivity (Wildman–Crippen MR) is 51.4 cm³/mol. The van der Waals surface area contributed by atoms with Crippen molar-refractivity contribution in [3.8, 4) is 5.75 Å². The summed E-state index contributed by atoms with van der Waals surface area (Å²) in [6, 6.07) is 3.50. The molecular formula is C10H15NO2. The molecule has 0 radical (unpaired) electrons. The molecule has 3 N–H and O–H groups in total. The van der Waals surface area contributed by atoms with Gasteiger partial charge >= 0.3 is 0 Å². The maximum absolute atomic E-state index is 9.29. The Balaban J connectivity index is 2.92. The van der Waals surface area contributed by atoms with E-state index in [4.69, 9.17) is 5.90 Å². The lowest BCUT2D eigenvalue weighted by molar-refractivity contribution is 0.141. The number of hydrogen-bond donors (Lipinski definition) is 2. The summed E-state index contributed by atoms with van der Waals surface area (Å²) in [6.07, 6.45) is 0.786. The van der Waals surface area contributed by atoms with Crippen LogP contribution in [0.3, 0.4) is 0 Å². The lowest BCUT2D eigenvalue weighted by atomic mass is 10.00. The zero-order valence-electron chi connectivity index (χ0n) is 8.00. The molecule has 0 spiro atoms. The summed E-state index contributed by atoms with van der Waals surface area (Å²) >= 11 is 0. The van der Waals surface area contributed by atoms with Gasteiger partial charge in [0.2, 0.25) is 0 Å². The molecule has 3 heteroatoms. The van der Waals surface area contributed by atoms with E-state index >= 15 is 0 Å². The maximum Gasteiger partial charge on any atom is 0.116 e. The molecule has 1 aromatic rings. The van der Waals surface area contributed by atoms with Crippen molar-refractivity contribution < 1.29 is 9.94 Å². The van der Waals surface area contributed by atoms with E-state index in [1.54, 1.807) is 12.1 Å². The Morgan fingerprint density at radius 1 is 1.31 bits per heavy atom. The summed E-state index contributed by atoms with van der Waals surface area (Å²) in [6.45, 7) is 4.45. The van der Waals surface area contributed by atoms with E-state index in [0.717, 1.165) is 17.5 Å². The fourth-order valence-corrected chi connectivity index (χ4v) is 1.53. The molecular weight excluding hydrogens is 166 g/mol. The standard InChI is InChI=1S/C10H15NO2/c1-7-5-9(12)6-8(2)10(7)3-4-13-11/h5-6,12H,3-4,11H2,1-2H3. The van der Waals surface area contributed by atoms with E-state index in [1.807, 2.05) is 13.8 Å². The second-order valence-electron chi connectivity index (χ2n) is 3.18. The van der Waals surface area contributed by atoms with Crippen molar-refractivity contribution >= 4 is 0 Å². The van der Waals surface area contributed by atoms with Gasteiger partial charge in [-0.05, 0) is 49.1 Å². The molecule has 1 aromatic carbocycles. The van der Waals surface area contributed by atoms with Gasteiger partial charge in [-0.25, -0.2) is 5.90 Å². The summed E-state index contributed by atoms with van der Waals surface area (Å²) < 4.78 is 0. The van der Waals surface area contributed by atoms with Crippen molar-refractivity contribution in [1.29, 1.82) is 0 Å². The van der Waals surface area contributed by atoms with Crippen LogP contribution in [0.1, 0.15) is 16.7 Å². The minimum absolute atomic E-state index is 0.312. The molecule has 0 aliphatic rings. The molecule has 0 aliphatic heterocycles. The van der Waals surface area contributed by atoms with E-state index in [0.29, 0.717) is 12.4 Å². The number of aryl methyl sites for hydroxylation is 2. The minimum atomic E-state index is 0.312. The summed E-state index contributed by atoms with van der Waals surface area (Å²) in [5.41, 5.74) is 3.35. The monoisotopic (exact) mass is 181 g/mol.